The third-order valence-corrected chi connectivity index (χ3v) is 2.80. The molecule has 0 aromatic heterocycles. The Hall–Kier alpha value is -2.42. The fourth-order valence-corrected chi connectivity index (χ4v) is 1.70. The number of halogens is 1. The maximum atomic E-state index is 12.8. The Morgan fingerprint density at radius 3 is 2.11 bits per heavy atom. The molecule has 19 heavy (non-hydrogen) atoms. The molecule has 0 aliphatic heterocycles. The molecule has 2 aromatic carbocycles. The number of phenols is 1. The van der Waals surface area contributed by atoms with Crippen molar-refractivity contribution in [2.24, 2.45) is 0 Å². The largest absolute Gasteiger partial charge is 0.508 e. The molecule has 3 heteroatoms. The molecule has 0 aliphatic carbocycles. The van der Waals surface area contributed by atoms with Gasteiger partial charge in [0.1, 0.15) is 11.6 Å². The van der Waals surface area contributed by atoms with Gasteiger partial charge in [0.15, 0.2) is 5.78 Å². The number of hydrogen-bond donors (Lipinski definition) is 1. The van der Waals surface area contributed by atoms with E-state index in [9.17, 15) is 14.3 Å². The highest BCUT2D eigenvalue weighted by atomic mass is 19.1. The first kappa shape index (κ1) is 13.0. The number of hydrogen-bond acceptors (Lipinski definition) is 2. The maximum absolute atomic E-state index is 12.8. The quantitative estimate of drug-likeness (QED) is 0.669. The predicted molar refractivity (Wildman–Crippen MR) is 72.5 cm³/mol. The summed E-state index contributed by atoms with van der Waals surface area (Å²) < 4.78 is 12.8. The van der Waals surface area contributed by atoms with Gasteiger partial charge in [-0.25, -0.2) is 4.39 Å². The van der Waals surface area contributed by atoms with Crippen LogP contribution in [0.15, 0.2) is 54.6 Å². The van der Waals surface area contributed by atoms with Gasteiger partial charge in [-0.15, -0.1) is 0 Å². The third kappa shape index (κ3) is 3.28. The lowest BCUT2D eigenvalue weighted by Crippen LogP contribution is -1.95. The summed E-state index contributed by atoms with van der Waals surface area (Å²) in [4.78, 5) is 12.0. The summed E-state index contributed by atoms with van der Waals surface area (Å²) in [5, 5.41) is 9.20. The normalized spacial score (nSPS) is 11.4. The van der Waals surface area contributed by atoms with Crippen molar-refractivity contribution in [3.8, 4) is 5.75 Å². The molecular formula is C16H13FO2. The number of phenolic OH excluding ortho intramolecular Hbond substituents is 1. The lowest BCUT2D eigenvalue weighted by atomic mass is 10.0. The monoisotopic (exact) mass is 256 g/mol. The second kappa shape index (κ2) is 5.48. The van der Waals surface area contributed by atoms with Gasteiger partial charge in [-0.2, -0.15) is 0 Å². The van der Waals surface area contributed by atoms with Crippen molar-refractivity contribution in [1.82, 2.24) is 0 Å². The van der Waals surface area contributed by atoms with Crippen LogP contribution >= 0.6 is 0 Å². The summed E-state index contributed by atoms with van der Waals surface area (Å²) in [6.45, 7) is 1.81. The highest BCUT2D eigenvalue weighted by molar-refractivity contribution is 6.08. The van der Waals surface area contributed by atoms with Crippen LogP contribution in [0.25, 0.3) is 5.57 Å². The molecule has 0 amide bonds. The van der Waals surface area contributed by atoms with Gasteiger partial charge in [-0.3, -0.25) is 4.79 Å². The molecule has 0 atom stereocenters. The second-order valence-corrected chi connectivity index (χ2v) is 4.25. The van der Waals surface area contributed by atoms with E-state index in [0.717, 1.165) is 11.1 Å². The van der Waals surface area contributed by atoms with Crippen molar-refractivity contribution >= 4 is 11.4 Å². The molecule has 0 spiro atoms. The molecular weight excluding hydrogens is 243 g/mol. The number of carbonyl (C=O) groups excluding carboxylic acids is 1. The molecule has 0 fully saturated rings. The Morgan fingerprint density at radius 2 is 1.53 bits per heavy atom. The molecule has 2 nitrogen and oxygen atoms in total. The molecule has 96 valence electrons. The van der Waals surface area contributed by atoms with Gasteiger partial charge in [0.05, 0.1) is 0 Å². The number of allylic oxidation sites excluding steroid dienone is 2. The Balaban J connectivity index is 2.22. The van der Waals surface area contributed by atoms with Gasteiger partial charge in [-0.05, 0) is 60.5 Å². The predicted octanol–water partition coefficient (Wildman–Crippen LogP) is 3.82. The van der Waals surface area contributed by atoms with Crippen molar-refractivity contribution in [1.29, 1.82) is 0 Å². The lowest BCUT2D eigenvalue weighted by molar-refractivity contribution is 0.104. The Kier molecular flexibility index (Phi) is 3.76. The second-order valence-electron chi connectivity index (χ2n) is 4.25. The Morgan fingerprint density at radius 1 is 1.00 bits per heavy atom. The number of benzene rings is 2. The van der Waals surface area contributed by atoms with Gasteiger partial charge in [-0.1, -0.05) is 12.1 Å². The molecule has 2 rings (SSSR count). The van der Waals surface area contributed by atoms with Crippen molar-refractivity contribution in [3.63, 3.8) is 0 Å². The van der Waals surface area contributed by atoms with E-state index < -0.39 is 0 Å². The van der Waals surface area contributed by atoms with Gasteiger partial charge >= 0.3 is 0 Å². The lowest BCUT2D eigenvalue weighted by Gasteiger charge is -2.02. The zero-order chi connectivity index (χ0) is 13.8. The van der Waals surface area contributed by atoms with E-state index in [2.05, 4.69) is 0 Å². The minimum Gasteiger partial charge on any atom is -0.508 e. The van der Waals surface area contributed by atoms with Crippen LogP contribution in [0.4, 0.5) is 4.39 Å². The summed E-state index contributed by atoms with van der Waals surface area (Å²) in [6, 6.07) is 12.0. The fraction of sp³-hybridized carbons (Fsp3) is 0.0625. The zero-order valence-corrected chi connectivity index (χ0v) is 10.4. The van der Waals surface area contributed by atoms with Crippen LogP contribution in [-0.4, -0.2) is 10.9 Å². The minimum absolute atomic E-state index is 0.175. The number of rotatable bonds is 3. The average Bonchev–Trinajstić information content (AvgIpc) is 2.40. The summed E-state index contributed by atoms with van der Waals surface area (Å²) >= 11 is 0. The standard InChI is InChI=1S/C16H13FO2/c1-11(12-4-8-15(18)9-5-12)10-16(19)13-2-6-14(17)7-3-13/h2-10,18H,1H3/b11-10+. The van der Waals surface area contributed by atoms with Gasteiger partial charge in [0.25, 0.3) is 0 Å². The third-order valence-electron chi connectivity index (χ3n) is 2.80. The summed E-state index contributed by atoms with van der Waals surface area (Å²) in [6.07, 6.45) is 1.50. The SMILES string of the molecule is C/C(=C\C(=O)c1ccc(F)cc1)c1ccc(O)cc1. The molecule has 0 saturated carbocycles. The van der Waals surface area contributed by atoms with E-state index in [4.69, 9.17) is 0 Å². The fourth-order valence-electron chi connectivity index (χ4n) is 1.70. The number of aromatic hydroxyl groups is 1. The van der Waals surface area contributed by atoms with Crippen LogP contribution in [0, 0.1) is 5.82 Å². The van der Waals surface area contributed by atoms with E-state index >= 15 is 0 Å². The van der Waals surface area contributed by atoms with Crippen LogP contribution in [-0.2, 0) is 0 Å². The van der Waals surface area contributed by atoms with E-state index in [-0.39, 0.29) is 17.3 Å². The van der Waals surface area contributed by atoms with E-state index in [1.54, 1.807) is 24.3 Å². The molecule has 2 aromatic rings. The zero-order valence-electron chi connectivity index (χ0n) is 10.4. The minimum atomic E-state index is -0.365. The summed E-state index contributed by atoms with van der Waals surface area (Å²) in [5.74, 6) is -0.359. The molecule has 0 heterocycles. The average molecular weight is 256 g/mol. The van der Waals surface area contributed by atoms with Crippen molar-refractivity contribution in [2.45, 2.75) is 6.92 Å². The van der Waals surface area contributed by atoms with Crippen molar-refractivity contribution < 1.29 is 14.3 Å². The Bertz CT molecular complexity index is 610. The van der Waals surface area contributed by atoms with Gasteiger partial charge < -0.3 is 5.11 Å². The topological polar surface area (TPSA) is 37.3 Å². The molecule has 0 saturated heterocycles. The van der Waals surface area contributed by atoms with Crippen LogP contribution < -0.4 is 0 Å². The van der Waals surface area contributed by atoms with Crippen LogP contribution in [0.5, 0.6) is 5.75 Å². The number of carbonyl (C=O) groups is 1. The van der Waals surface area contributed by atoms with E-state index in [1.165, 1.54) is 30.3 Å². The smallest absolute Gasteiger partial charge is 0.186 e. The molecule has 1 N–H and O–H groups in total. The Labute approximate surface area is 110 Å². The summed E-state index contributed by atoms with van der Waals surface area (Å²) in [5.41, 5.74) is 2.09. The molecule has 0 aliphatic rings. The number of ketones is 1. The van der Waals surface area contributed by atoms with Crippen molar-refractivity contribution in [3.05, 3.63) is 71.6 Å². The van der Waals surface area contributed by atoms with Crippen LogP contribution in [0.2, 0.25) is 0 Å². The molecule has 0 radical (unpaired) electrons. The van der Waals surface area contributed by atoms with Gasteiger partial charge in [0.2, 0.25) is 0 Å². The first-order valence-corrected chi connectivity index (χ1v) is 5.84. The first-order valence-electron chi connectivity index (χ1n) is 5.84. The maximum Gasteiger partial charge on any atom is 0.186 e. The highest BCUT2D eigenvalue weighted by Crippen LogP contribution is 2.18. The van der Waals surface area contributed by atoms with Crippen molar-refractivity contribution in [2.75, 3.05) is 0 Å². The molecule has 0 unspecified atom stereocenters. The van der Waals surface area contributed by atoms with Crippen LogP contribution in [0.1, 0.15) is 22.8 Å². The first-order chi connectivity index (χ1) is 9.06. The van der Waals surface area contributed by atoms with Crippen LogP contribution in [0.3, 0.4) is 0 Å². The highest BCUT2D eigenvalue weighted by Gasteiger charge is 2.04. The van der Waals surface area contributed by atoms with E-state index in [0.29, 0.717) is 5.56 Å². The molecule has 0 bridgehead atoms. The van der Waals surface area contributed by atoms with E-state index in [1.807, 2.05) is 6.92 Å². The van der Waals surface area contributed by atoms with Gasteiger partial charge in [0, 0.05) is 5.56 Å². The summed E-state index contributed by atoms with van der Waals surface area (Å²) in [7, 11) is 0.